The average molecular weight is 189 g/mol. The summed E-state index contributed by atoms with van der Waals surface area (Å²) in [4.78, 5) is 9.50. The van der Waals surface area contributed by atoms with Crippen molar-refractivity contribution in [2.24, 2.45) is 0 Å². The van der Waals surface area contributed by atoms with Crippen LogP contribution in [0.2, 0.25) is 0 Å². The Morgan fingerprint density at radius 2 is 2.25 bits per heavy atom. The Labute approximate surface area is 72.0 Å². The van der Waals surface area contributed by atoms with Crippen molar-refractivity contribution in [1.82, 2.24) is 0 Å². The lowest BCUT2D eigenvalue weighted by Gasteiger charge is -2.07. The van der Waals surface area contributed by atoms with Crippen LogP contribution in [-0.4, -0.2) is 21.4 Å². The zero-order valence-electron chi connectivity index (χ0n) is 5.95. The molecule has 0 aromatic carbocycles. The predicted octanol–water partition coefficient (Wildman–Crippen LogP) is 0.377. The van der Waals surface area contributed by atoms with Crippen molar-refractivity contribution in [3.05, 3.63) is 32.5 Å². The van der Waals surface area contributed by atoms with E-state index in [1.165, 1.54) is 6.07 Å². The van der Waals surface area contributed by atoms with Crippen molar-refractivity contribution in [3.63, 3.8) is 0 Å². The van der Waals surface area contributed by atoms with Gasteiger partial charge in [0.1, 0.15) is 0 Å². The van der Waals surface area contributed by atoms with Crippen molar-refractivity contribution in [2.75, 3.05) is 0 Å². The van der Waals surface area contributed by atoms with Crippen LogP contribution >= 0.6 is 11.3 Å². The summed E-state index contributed by atoms with van der Waals surface area (Å²) in [5.41, 5.74) is 0. The minimum Gasteiger partial charge on any atom is -0.378 e. The fourth-order valence-electron chi connectivity index (χ4n) is 0.722. The molecular weight excluding hydrogens is 182 g/mol. The number of aliphatic hydroxyl groups is 2. The lowest BCUT2D eigenvalue weighted by molar-refractivity contribution is -0.584. The maximum atomic E-state index is 10.0. The van der Waals surface area contributed by atoms with Gasteiger partial charge in [0.05, 0.1) is 4.92 Å². The molecule has 1 aromatic heterocycles. The van der Waals surface area contributed by atoms with Crippen LogP contribution in [0.5, 0.6) is 0 Å². The van der Waals surface area contributed by atoms with E-state index in [4.69, 9.17) is 10.2 Å². The molecule has 2 unspecified atom stereocenters. The Kier molecular flexibility index (Phi) is 2.74. The molecule has 0 saturated heterocycles. The molecule has 0 fully saturated rings. The second-order valence-corrected chi connectivity index (χ2v) is 3.14. The first-order valence-corrected chi connectivity index (χ1v) is 4.04. The van der Waals surface area contributed by atoms with Gasteiger partial charge in [-0.25, -0.2) is 0 Å². The van der Waals surface area contributed by atoms with Crippen molar-refractivity contribution in [1.29, 1.82) is 0 Å². The van der Waals surface area contributed by atoms with Gasteiger partial charge in [0.25, 0.3) is 0 Å². The summed E-state index contributed by atoms with van der Waals surface area (Å²) in [5.74, 6) is 0. The molecule has 1 heterocycles. The average Bonchev–Trinajstić information content (AvgIpc) is 2.53. The molecule has 0 amide bonds. The number of aliphatic hydroxyl groups excluding tert-OH is 2. The molecule has 0 radical (unpaired) electrons. The van der Waals surface area contributed by atoms with Crippen molar-refractivity contribution in [3.8, 4) is 0 Å². The standard InChI is InChI=1S/C6H7NO4S/c8-5(6(9)7(10)11)4-2-1-3-12-4/h1-3,5-6,8-9H. The first kappa shape index (κ1) is 9.11. The van der Waals surface area contributed by atoms with E-state index < -0.39 is 17.3 Å². The van der Waals surface area contributed by atoms with Gasteiger partial charge >= 0.3 is 6.23 Å². The van der Waals surface area contributed by atoms with Crippen molar-refractivity contribution < 1.29 is 15.1 Å². The zero-order valence-corrected chi connectivity index (χ0v) is 6.77. The normalized spacial score (nSPS) is 15.5. The smallest absolute Gasteiger partial charge is 0.344 e. The van der Waals surface area contributed by atoms with Crippen molar-refractivity contribution >= 4 is 11.3 Å². The summed E-state index contributed by atoms with van der Waals surface area (Å²) in [6.07, 6.45) is -3.37. The van der Waals surface area contributed by atoms with E-state index in [2.05, 4.69) is 0 Å². The Hall–Kier alpha value is -0.980. The Morgan fingerprint density at radius 3 is 2.67 bits per heavy atom. The molecule has 6 heteroatoms. The first-order valence-electron chi connectivity index (χ1n) is 3.16. The third-order valence-corrected chi connectivity index (χ3v) is 2.28. The van der Waals surface area contributed by atoms with Crippen LogP contribution in [0.25, 0.3) is 0 Å². The van der Waals surface area contributed by atoms with Crippen LogP contribution in [0.4, 0.5) is 0 Å². The molecule has 1 rings (SSSR count). The van der Waals surface area contributed by atoms with E-state index in [1.54, 1.807) is 11.4 Å². The molecule has 0 aliphatic rings. The second kappa shape index (κ2) is 3.61. The fraction of sp³-hybridized carbons (Fsp3) is 0.333. The monoisotopic (exact) mass is 189 g/mol. The molecular formula is C6H7NO4S. The van der Waals surface area contributed by atoms with E-state index >= 15 is 0 Å². The van der Waals surface area contributed by atoms with Crippen LogP contribution < -0.4 is 0 Å². The van der Waals surface area contributed by atoms with Gasteiger partial charge in [-0.15, -0.1) is 11.3 Å². The zero-order chi connectivity index (χ0) is 9.14. The van der Waals surface area contributed by atoms with Gasteiger partial charge < -0.3 is 10.2 Å². The van der Waals surface area contributed by atoms with Gasteiger partial charge in [-0.2, -0.15) is 0 Å². The molecule has 0 aliphatic heterocycles. The minimum atomic E-state index is -1.94. The van der Waals surface area contributed by atoms with Crippen LogP contribution in [0.1, 0.15) is 11.0 Å². The number of thiophene rings is 1. The third kappa shape index (κ3) is 1.79. The van der Waals surface area contributed by atoms with Crippen LogP contribution in [0.15, 0.2) is 17.5 Å². The Morgan fingerprint density at radius 1 is 1.58 bits per heavy atom. The second-order valence-electron chi connectivity index (χ2n) is 2.16. The third-order valence-electron chi connectivity index (χ3n) is 1.33. The summed E-state index contributed by atoms with van der Waals surface area (Å²) in [5, 5.41) is 29.7. The summed E-state index contributed by atoms with van der Waals surface area (Å²) in [6.45, 7) is 0. The number of hydrogen-bond acceptors (Lipinski definition) is 5. The van der Waals surface area contributed by atoms with Gasteiger partial charge in [0.15, 0.2) is 6.10 Å². The van der Waals surface area contributed by atoms with Crippen LogP contribution in [0, 0.1) is 10.1 Å². The van der Waals surface area contributed by atoms with Gasteiger partial charge in [0, 0.05) is 4.88 Å². The summed E-state index contributed by atoms with van der Waals surface area (Å²) < 4.78 is 0. The lowest BCUT2D eigenvalue weighted by Crippen LogP contribution is -2.26. The van der Waals surface area contributed by atoms with E-state index in [1.807, 2.05) is 0 Å². The van der Waals surface area contributed by atoms with Gasteiger partial charge in [-0.05, 0) is 11.4 Å². The van der Waals surface area contributed by atoms with Gasteiger partial charge in [-0.1, -0.05) is 6.07 Å². The van der Waals surface area contributed by atoms with E-state index in [9.17, 15) is 10.1 Å². The largest absolute Gasteiger partial charge is 0.378 e. The highest BCUT2D eigenvalue weighted by molar-refractivity contribution is 7.10. The minimum absolute atomic E-state index is 0.388. The highest BCUT2D eigenvalue weighted by Gasteiger charge is 2.28. The molecule has 0 spiro atoms. The van der Waals surface area contributed by atoms with E-state index in [0.717, 1.165) is 11.3 Å². The fourth-order valence-corrected chi connectivity index (χ4v) is 1.45. The molecule has 12 heavy (non-hydrogen) atoms. The van der Waals surface area contributed by atoms with Crippen molar-refractivity contribution in [2.45, 2.75) is 12.3 Å². The molecule has 1 aromatic rings. The first-order chi connectivity index (χ1) is 5.63. The molecule has 2 N–H and O–H groups in total. The SMILES string of the molecule is O=[N+]([O-])C(O)C(O)c1cccs1. The quantitative estimate of drug-likeness (QED) is 0.409. The van der Waals surface area contributed by atoms with E-state index in [-0.39, 0.29) is 0 Å². The molecule has 2 atom stereocenters. The number of hydrogen-bond donors (Lipinski definition) is 2. The van der Waals surface area contributed by atoms with Gasteiger partial charge in [0.2, 0.25) is 0 Å². The Balaban J connectivity index is 2.71. The van der Waals surface area contributed by atoms with E-state index in [0.29, 0.717) is 4.88 Å². The molecule has 0 bridgehead atoms. The van der Waals surface area contributed by atoms with Crippen LogP contribution in [0.3, 0.4) is 0 Å². The lowest BCUT2D eigenvalue weighted by atomic mass is 10.3. The molecule has 66 valence electrons. The molecule has 5 nitrogen and oxygen atoms in total. The Bertz CT molecular complexity index is 261. The van der Waals surface area contributed by atoms with Crippen LogP contribution in [-0.2, 0) is 0 Å². The predicted molar refractivity (Wildman–Crippen MR) is 42.3 cm³/mol. The highest BCUT2D eigenvalue weighted by atomic mass is 32.1. The maximum absolute atomic E-state index is 10.0. The summed E-state index contributed by atoms with van der Waals surface area (Å²) in [7, 11) is 0. The highest BCUT2D eigenvalue weighted by Crippen LogP contribution is 2.21. The maximum Gasteiger partial charge on any atom is 0.344 e. The number of rotatable bonds is 3. The summed E-state index contributed by atoms with van der Waals surface area (Å²) >= 11 is 1.16. The summed E-state index contributed by atoms with van der Waals surface area (Å²) in [6, 6.07) is 3.18. The topological polar surface area (TPSA) is 83.6 Å². The molecule has 0 aliphatic carbocycles. The molecule has 0 saturated carbocycles. The number of nitro groups is 1. The van der Waals surface area contributed by atoms with Gasteiger partial charge in [-0.3, -0.25) is 10.1 Å². The number of nitrogens with zero attached hydrogens (tertiary/aromatic N) is 1.